The standard InChI is InChI=1S/4C2H5.CH3.Hf.H2N/c4*1-2;;;/h4*1H2,2H3;1H3;;1H2/q5*-1;;-1. The van der Waals surface area contributed by atoms with Crippen LogP contribution in [0.25, 0.3) is 6.15 Å². The van der Waals surface area contributed by atoms with E-state index in [0.29, 0.717) is 0 Å². The Bertz CT molecular complexity index is 9.52. The van der Waals surface area contributed by atoms with Gasteiger partial charge in [-0.1, -0.05) is 0 Å². The average Bonchev–Trinajstić information content (AvgIpc) is 2.03. The molecule has 0 fully saturated rings. The molecule has 0 heterocycles. The molecule has 0 bridgehead atoms. The number of rotatable bonds is 0. The topological polar surface area (TPSA) is 33.5 Å². The van der Waals surface area contributed by atoms with Crippen LogP contribution < -0.4 is 0 Å². The second-order valence-corrected chi connectivity index (χ2v) is 0. The van der Waals surface area contributed by atoms with Gasteiger partial charge in [0, 0.05) is 25.8 Å². The van der Waals surface area contributed by atoms with Gasteiger partial charge in [-0.15, -0.1) is 0 Å². The molecule has 11 heavy (non-hydrogen) atoms. The summed E-state index contributed by atoms with van der Waals surface area (Å²) in [7, 11) is 0. The maximum Gasteiger partial charge on any atom is 0 e. The molecule has 0 radical (unpaired) electrons. The molecule has 2 heteroatoms. The molecule has 0 aliphatic rings. The van der Waals surface area contributed by atoms with Crippen molar-refractivity contribution in [3.8, 4) is 0 Å². The van der Waals surface area contributed by atoms with Gasteiger partial charge in [-0.25, -0.2) is 0 Å². The molecule has 0 aromatic rings. The van der Waals surface area contributed by atoms with E-state index in [-0.39, 0.29) is 39.4 Å². The molecule has 0 amide bonds. The summed E-state index contributed by atoms with van der Waals surface area (Å²) in [4.78, 5) is 0. The maximum absolute atomic E-state index is 3.25. The summed E-state index contributed by atoms with van der Waals surface area (Å²) in [5, 5.41) is 0. The van der Waals surface area contributed by atoms with Crippen molar-refractivity contribution < 1.29 is 25.8 Å². The van der Waals surface area contributed by atoms with Crippen molar-refractivity contribution in [1.29, 1.82) is 0 Å². The summed E-state index contributed by atoms with van der Waals surface area (Å²) < 4.78 is 0. The van der Waals surface area contributed by atoms with Gasteiger partial charge in [-0.05, 0) is 0 Å². The minimum atomic E-state index is 0. The SMILES string of the molecule is [CH2-]C.[CH2-]C.[CH2-]C.[CH2-]C.[CH3-].[Hf].[NH2-]. The Hall–Kier alpha value is 0.830. The van der Waals surface area contributed by atoms with E-state index in [9.17, 15) is 0 Å². The van der Waals surface area contributed by atoms with Gasteiger partial charge in [0.1, 0.15) is 0 Å². The monoisotopic (exact) mass is 327 g/mol. The van der Waals surface area contributed by atoms with Gasteiger partial charge in [-0.2, -0.15) is 27.7 Å². The van der Waals surface area contributed by atoms with Crippen LogP contribution in [0.3, 0.4) is 0 Å². The van der Waals surface area contributed by atoms with Crippen LogP contribution >= 0.6 is 0 Å². The Morgan fingerprint density at radius 2 is 0.545 bits per heavy atom. The molecule has 76 valence electrons. The van der Waals surface area contributed by atoms with Crippen molar-refractivity contribution in [3.63, 3.8) is 0 Å². The quantitative estimate of drug-likeness (QED) is 0.463. The molecule has 0 aliphatic heterocycles. The van der Waals surface area contributed by atoms with Crippen LogP contribution in [-0.4, -0.2) is 0 Å². The molecule has 0 aromatic carbocycles. The molecule has 1 nitrogen and oxygen atoms in total. The normalized spacial score (nSPS) is 2.18. The Kier molecular flexibility index (Phi) is 8210. The van der Waals surface area contributed by atoms with E-state index in [2.05, 4.69) is 27.7 Å². The third kappa shape index (κ3) is 1230. The molecule has 0 atom stereocenters. The molecule has 0 saturated heterocycles. The predicted molar refractivity (Wildman–Crippen MR) is 55.8 cm³/mol. The maximum atomic E-state index is 3.25. The van der Waals surface area contributed by atoms with E-state index in [1.54, 1.807) is 27.7 Å². The van der Waals surface area contributed by atoms with Crippen molar-refractivity contribution in [2.24, 2.45) is 0 Å². The summed E-state index contributed by atoms with van der Waals surface area (Å²) in [6.07, 6.45) is 0. The summed E-state index contributed by atoms with van der Waals surface area (Å²) in [6.45, 7) is 20.0. The van der Waals surface area contributed by atoms with Crippen molar-refractivity contribution in [2.75, 3.05) is 0 Å². The zero-order valence-corrected chi connectivity index (χ0v) is 12.5. The molecule has 0 rings (SSSR count). The van der Waals surface area contributed by atoms with Crippen LogP contribution in [0.2, 0.25) is 0 Å². The second-order valence-electron chi connectivity index (χ2n) is 0. The van der Waals surface area contributed by atoms with Gasteiger partial charge < -0.3 is 41.3 Å². The van der Waals surface area contributed by atoms with Crippen LogP contribution in [-0.2, 0) is 25.8 Å². The molecular formula is C9H25HfN-6. The molecular weight excluding hydrogens is 301 g/mol. The Morgan fingerprint density at radius 3 is 0.545 bits per heavy atom. The van der Waals surface area contributed by atoms with Gasteiger partial charge in [0.2, 0.25) is 0 Å². The van der Waals surface area contributed by atoms with E-state index in [0.717, 1.165) is 0 Å². The minimum absolute atomic E-state index is 0. The summed E-state index contributed by atoms with van der Waals surface area (Å²) in [5.74, 6) is 0. The van der Waals surface area contributed by atoms with Crippen LogP contribution in [0.1, 0.15) is 27.7 Å². The van der Waals surface area contributed by atoms with Gasteiger partial charge >= 0.3 is 0 Å². The van der Waals surface area contributed by atoms with Gasteiger partial charge in [0.25, 0.3) is 0 Å². The third-order valence-corrected chi connectivity index (χ3v) is 0. The van der Waals surface area contributed by atoms with Crippen LogP contribution in [0.4, 0.5) is 0 Å². The fraction of sp³-hybridized carbons (Fsp3) is 0.444. The zero-order chi connectivity index (χ0) is 8.00. The van der Waals surface area contributed by atoms with Gasteiger partial charge in [0.15, 0.2) is 0 Å². The third-order valence-electron chi connectivity index (χ3n) is 0. The number of hydrogen-bond donors (Lipinski definition) is 0. The Balaban J connectivity index is -0.00000000356. The summed E-state index contributed by atoms with van der Waals surface area (Å²) >= 11 is 0. The minimum Gasteiger partial charge on any atom is -0.693 e. The molecule has 2 N–H and O–H groups in total. The molecule has 0 saturated carbocycles. The number of nitrogens with two attached hydrogens (primary N) is 1. The first kappa shape index (κ1) is 59.5. The second kappa shape index (κ2) is 1520. The summed E-state index contributed by atoms with van der Waals surface area (Å²) in [6, 6.07) is 0. The molecule has 0 spiro atoms. The van der Waals surface area contributed by atoms with E-state index >= 15 is 0 Å². The first-order chi connectivity index (χ1) is 4.00. The van der Waals surface area contributed by atoms with Crippen molar-refractivity contribution in [2.45, 2.75) is 27.7 Å². The fourth-order valence-corrected chi connectivity index (χ4v) is 0. The first-order valence-electron chi connectivity index (χ1n) is 2.83. The van der Waals surface area contributed by atoms with Gasteiger partial charge in [-0.3, -0.25) is 0 Å². The largest absolute Gasteiger partial charge is 0.693 e. The Labute approximate surface area is 94.7 Å². The van der Waals surface area contributed by atoms with Crippen LogP contribution in [0.5, 0.6) is 0 Å². The smallest absolute Gasteiger partial charge is 0 e. The van der Waals surface area contributed by atoms with Crippen LogP contribution in [0.15, 0.2) is 0 Å². The predicted octanol–water partition coefficient (Wildman–Crippen LogP) is 4.53. The first-order valence-corrected chi connectivity index (χ1v) is 2.83. The average molecular weight is 326 g/mol. The zero-order valence-electron chi connectivity index (χ0n) is 8.91. The molecule has 0 aromatic heterocycles. The van der Waals surface area contributed by atoms with Crippen molar-refractivity contribution in [1.82, 2.24) is 0 Å². The van der Waals surface area contributed by atoms with Crippen molar-refractivity contribution in [3.05, 3.63) is 41.3 Å². The van der Waals surface area contributed by atoms with E-state index in [1.807, 2.05) is 0 Å². The van der Waals surface area contributed by atoms with Crippen LogP contribution in [0, 0.1) is 35.1 Å². The molecule has 0 unspecified atom stereocenters. The van der Waals surface area contributed by atoms with Crippen molar-refractivity contribution >= 4 is 0 Å². The Morgan fingerprint density at radius 1 is 0.545 bits per heavy atom. The van der Waals surface area contributed by atoms with E-state index in [4.69, 9.17) is 0 Å². The van der Waals surface area contributed by atoms with E-state index < -0.39 is 0 Å². The summed E-state index contributed by atoms with van der Waals surface area (Å²) in [5.41, 5.74) is 0. The number of hydrogen-bond acceptors (Lipinski definition) is 0. The van der Waals surface area contributed by atoms with E-state index in [1.165, 1.54) is 0 Å². The fourth-order valence-electron chi connectivity index (χ4n) is 0. The van der Waals surface area contributed by atoms with Gasteiger partial charge in [0.05, 0.1) is 0 Å². The molecule has 0 aliphatic carbocycles.